The number of pyridine rings is 2. The first-order chi connectivity index (χ1) is 17.3. The molecular weight excluding hydrogens is 482 g/mol. The smallest absolute Gasteiger partial charge is 0.313 e. The number of aliphatic carboxylic acids is 1. The van der Waals surface area contributed by atoms with Crippen molar-refractivity contribution in [1.82, 2.24) is 19.9 Å². The molecule has 1 aromatic carbocycles. The second-order valence-electron chi connectivity index (χ2n) is 9.16. The number of benzene rings is 1. The third-order valence-corrected chi connectivity index (χ3v) is 6.60. The first-order valence-corrected chi connectivity index (χ1v) is 12.0. The van der Waals surface area contributed by atoms with Gasteiger partial charge in [-0.15, -0.1) is 0 Å². The molecule has 1 saturated heterocycles. The monoisotopic (exact) mass is 507 g/mol. The number of anilines is 1. The number of carboxylic acid groups (broad SMARTS) is 1. The number of imidazole rings is 1. The van der Waals surface area contributed by atoms with E-state index in [0.29, 0.717) is 27.6 Å². The van der Waals surface area contributed by atoms with Crippen molar-refractivity contribution < 1.29 is 19.4 Å². The summed E-state index contributed by atoms with van der Waals surface area (Å²) in [4.78, 5) is 30.8. The zero-order valence-corrected chi connectivity index (χ0v) is 20.7. The number of halogens is 1. The van der Waals surface area contributed by atoms with Gasteiger partial charge in [0.1, 0.15) is 5.41 Å². The largest absolute Gasteiger partial charge is 0.481 e. The van der Waals surface area contributed by atoms with Gasteiger partial charge in [0.25, 0.3) is 6.01 Å². The van der Waals surface area contributed by atoms with Crippen molar-refractivity contribution >= 4 is 34.4 Å². The Bertz CT molecular complexity index is 1370. The summed E-state index contributed by atoms with van der Waals surface area (Å²) < 4.78 is 11.5. The molecule has 36 heavy (non-hydrogen) atoms. The fourth-order valence-electron chi connectivity index (χ4n) is 4.14. The zero-order chi connectivity index (χ0) is 25.3. The molecule has 0 radical (unpaired) electrons. The van der Waals surface area contributed by atoms with Gasteiger partial charge in [-0.3, -0.25) is 9.78 Å². The molecule has 0 amide bonds. The number of aromatic nitrogens is 4. The number of nitrogens with one attached hydrogen (secondary N) is 1. The molecule has 9 nitrogen and oxygen atoms in total. The summed E-state index contributed by atoms with van der Waals surface area (Å²) in [7, 11) is 0. The molecule has 4 heterocycles. The van der Waals surface area contributed by atoms with Crippen LogP contribution in [-0.2, 0) is 9.53 Å². The standard InChI is InChI=1S/C26H26ClN5O4/c1-26(2,24(33)34)22(19-5-3-4-10-28-19)36-25-29-20-15-18(27)21(30-23(20)31-25)16-6-8-17(9-7-16)32-11-13-35-14-12-32/h3-10,15,22H,11-14H2,1-2H3,(H,33,34)(H,29,30,31). The number of nitrogens with zero attached hydrogens (tertiary/aromatic N) is 4. The van der Waals surface area contributed by atoms with Crippen molar-refractivity contribution in [3.63, 3.8) is 0 Å². The predicted molar refractivity (Wildman–Crippen MR) is 136 cm³/mol. The molecule has 2 N–H and O–H groups in total. The second kappa shape index (κ2) is 9.75. The van der Waals surface area contributed by atoms with Crippen LogP contribution in [0.3, 0.4) is 0 Å². The lowest BCUT2D eigenvalue weighted by molar-refractivity contribution is -0.153. The van der Waals surface area contributed by atoms with Crippen molar-refractivity contribution in [2.75, 3.05) is 31.2 Å². The number of ether oxygens (including phenoxy) is 2. The summed E-state index contributed by atoms with van der Waals surface area (Å²) in [6.45, 7) is 6.34. The Kier molecular flexibility index (Phi) is 6.51. The van der Waals surface area contributed by atoms with Gasteiger partial charge in [0, 0.05) is 30.5 Å². The van der Waals surface area contributed by atoms with Crippen LogP contribution in [0.2, 0.25) is 5.02 Å². The van der Waals surface area contributed by atoms with E-state index in [0.717, 1.165) is 37.6 Å². The van der Waals surface area contributed by atoms with E-state index in [9.17, 15) is 9.90 Å². The molecule has 1 unspecified atom stereocenters. The van der Waals surface area contributed by atoms with Crippen LogP contribution < -0.4 is 9.64 Å². The number of morpholine rings is 1. The van der Waals surface area contributed by atoms with Crippen LogP contribution in [0, 0.1) is 5.41 Å². The molecule has 0 bridgehead atoms. The average Bonchev–Trinajstić information content (AvgIpc) is 3.29. The van der Waals surface area contributed by atoms with E-state index in [1.807, 2.05) is 24.3 Å². The van der Waals surface area contributed by atoms with Gasteiger partial charge in [-0.05, 0) is 44.2 Å². The maximum atomic E-state index is 12.0. The van der Waals surface area contributed by atoms with Crippen molar-refractivity contribution in [2.24, 2.45) is 5.41 Å². The lowest BCUT2D eigenvalue weighted by Gasteiger charge is -2.29. The minimum Gasteiger partial charge on any atom is -0.481 e. The number of carboxylic acids is 1. The third kappa shape index (κ3) is 4.72. The summed E-state index contributed by atoms with van der Waals surface area (Å²) in [5, 5.41) is 10.3. The predicted octanol–water partition coefficient (Wildman–Crippen LogP) is 4.74. The van der Waals surface area contributed by atoms with Crippen molar-refractivity contribution in [3.8, 4) is 17.3 Å². The Morgan fingerprint density at radius 2 is 1.92 bits per heavy atom. The molecule has 3 aromatic heterocycles. The molecule has 1 fully saturated rings. The highest BCUT2D eigenvalue weighted by molar-refractivity contribution is 6.33. The van der Waals surface area contributed by atoms with E-state index < -0.39 is 17.5 Å². The Labute approximate surface area is 213 Å². The first kappa shape index (κ1) is 24.0. The van der Waals surface area contributed by atoms with Crippen LogP contribution in [0.4, 0.5) is 5.69 Å². The van der Waals surface area contributed by atoms with Crippen LogP contribution in [0.1, 0.15) is 25.6 Å². The van der Waals surface area contributed by atoms with Crippen LogP contribution in [0.5, 0.6) is 6.01 Å². The molecule has 186 valence electrons. The summed E-state index contributed by atoms with van der Waals surface area (Å²) in [5.41, 5.74) is 2.79. The molecule has 1 aliphatic heterocycles. The van der Waals surface area contributed by atoms with E-state index >= 15 is 0 Å². The summed E-state index contributed by atoms with van der Waals surface area (Å²) in [5.74, 6) is -1.02. The maximum Gasteiger partial charge on any atom is 0.313 e. The van der Waals surface area contributed by atoms with Gasteiger partial charge < -0.3 is 24.5 Å². The zero-order valence-electron chi connectivity index (χ0n) is 19.9. The number of hydrogen-bond donors (Lipinski definition) is 2. The highest BCUT2D eigenvalue weighted by Gasteiger charge is 2.41. The topological polar surface area (TPSA) is 113 Å². The molecule has 1 atom stereocenters. The maximum absolute atomic E-state index is 12.0. The van der Waals surface area contributed by atoms with E-state index in [1.165, 1.54) is 0 Å². The van der Waals surface area contributed by atoms with Gasteiger partial charge >= 0.3 is 5.97 Å². The molecule has 5 rings (SSSR count). The summed E-state index contributed by atoms with van der Waals surface area (Å²) in [6, 6.07) is 15.2. The Morgan fingerprint density at radius 1 is 1.17 bits per heavy atom. The highest BCUT2D eigenvalue weighted by Crippen LogP contribution is 2.37. The van der Waals surface area contributed by atoms with Gasteiger partial charge in [-0.25, -0.2) is 4.98 Å². The Morgan fingerprint density at radius 3 is 2.58 bits per heavy atom. The number of H-pyrrole nitrogens is 1. The van der Waals surface area contributed by atoms with Crippen molar-refractivity contribution in [1.29, 1.82) is 0 Å². The van der Waals surface area contributed by atoms with Crippen LogP contribution in [0.25, 0.3) is 22.4 Å². The fourth-order valence-corrected chi connectivity index (χ4v) is 4.40. The average molecular weight is 508 g/mol. The molecule has 10 heteroatoms. The van der Waals surface area contributed by atoms with Crippen LogP contribution in [0.15, 0.2) is 54.7 Å². The normalized spacial score (nSPS) is 15.1. The van der Waals surface area contributed by atoms with Crippen LogP contribution in [-0.4, -0.2) is 57.3 Å². The molecule has 0 saturated carbocycles. The van der Waals surface area contributed by atoms with Gasteiger partial charge in [0.05, 0.1) is 35.1 Å². The minimum absolute atomic E-state index is 0.137. The SMILES string of the molecule is CC(C)(C(=O)O)C(Oc1nc2nc(-c3ccc(N4CCOCC4)cc3)c(Cl)cc2[nH]1)c1ccccn1. The minimum atomic E-state index is -1.27. The van der Waals surface area contributed by atoms with E-state index in [1.54, 1.807) is 44.3 Å². The van der Waals surface area contributed by atoms with E-state index in [2.05, 4.69) is 24.8 Å². The van der Waals surface area contributed by atoms with Gasteiger partial charge in [-0.1, -0.05) is 29.8 Å². The molecule has 4 aromatic rings. The van der Waals surface area contributed by atoms with Gasteiger partial charge in [0.15, 0.2) is 11.8 Å². The number of fused-ring (bicyclic) bond motifs is 1. The first-order valence-electron chi connectivity index (χ1n) is 11.6. The molecule has 1 aliphatic rings. The second-order valence-corrected chi connectivity index (χ2v) is 9.56. The number of hydrogen-bond acceptors (Lipinski definition) is 7. The lowest BCUT2D eigenvalue weighted by Crippen LogP contribution is -2.36. The van der Waals surface area contributed by atoms with E-state index in [-0.39, 0.29) is 6.01 Å². The Balaban J connectivity index is 1.44. The van der Waals surface area contributed by atoms with E-state index in [4.69, 9.17) is 21.1 Å². The number of rotatable bonds is 7. The molecule has 0 aliphatic carbocycles. The quantitative estimate of drug-likeness (QED) is 0.368. The third-order valence-electron chi connectivity index (χ3n) is 6.31. The number of aromatic amines is 1. The van der Waals surface area contributed by atoms with Crippen LogP contribution >= 0.6 is 11.6 Å². The molecule has 0 spiro atoms. The summed E-state index contributed by atoms with van der Waals surface area (Å²) >= 11 is 6.59. The number of carbonyl (C=O) groups is 1. The van der Waals surface area contributed by atoms with Gasteiger partial charge in [-0.2, -0.15) is 4.98 Å². The van der Waals surface area contributed by atoms with Crippen molar-refractivity contribution in [2.45, 2.75) is 20.0 Å². The Hall–Kier alpha value is -3.69. The fraction of sp³-hybridized carbons (Fsp3) is 0.308. The van der Waals surface area contributed by atoms with Crippen molar-refractivity contribution in [3.05, 3.63) is 65.4 Å². The van der Waals surface area contributed by atoms with Gasteiger partial charge in [0.2, 0.25) is 0 Å². The summed E-state index contributed by atoms with van der Waals surface area (Å²) in [6.07, 6.45) is 0.708. The molecular formula is C26H26ClN5O4. The lowest BCUT2D eigenvalue weighted by atomic mass is 9.84. The highest BCUT2D eigenvalue weighted by atomic mass is 35.5.